The van der Waals surface area contributed by atoms with Gasteiger partial charge in [0.2, 0.25) is 0 Å². The van der Waals surface area contributed by atoms with Gasteiger partial charge < -0.3 is 10.4 Å². The van der Waals surface area contributed by atoms with Gasteiger partial charge in [0.1, 0.15) is 0 Å². The number of benzene rings is 1. The largest absolute Gasteiger partial charge is 0.476 e. The number of nitrogens with one attached hydrogen (secondary N) is 1. The van der Waals surface area contributed by atoms with E-state index < -0.39 is 5.97 Å². The molecule has 0 aliphatic carbocycles. The predicted octanol–water partition coefficient (Wildman–Crippen LogP) is 2.55. The monoisotopic (exact) mass is 234 g/mol. The topological polar surface area (TPSA) is 62.2 Å². The number of aromatic nitrogens is 1. The molecule has 0 amide bonds. The Hall–Kier alpha value is -1.88. The second-order valence-corrected chi connectivity index (χ2v) is 4.12. The molecule has 0 aliphatic heterocycles. The smallest absolute Gasteiger partial charge is 0.356 e. The number of aromatic carboxylic acids is 1. The van der Waals surface area contributed by atoms with E-state index in [9.17, 15) is 4.79 Å². The summed E-state index contributed by atoms with van der Waals surface area (Å²) in [6, 6.07) is 9.39. The molecular weight excluding hydrogens is 224 g/mol. The number of nitrogens with zero attached hydrogens (tertiary/aromatic N) is 1. The van der Waals surface area contributed by atoms with E-state index in [1.807, 2.05) is 30.3 Å². The van der Waals surface area contributed by atoms with Gasteiger partial charge in [0.25, 0.3) is 0 Å². The molecule has 5 heteroatoms. The number of hydrogen-bond acceptors (Lipinski definition) is 4. The van der Waals surface area contributed by atoms with Gasteiger partial charge in [-0.25, -0.2) is 9.78 Å². The summed E-state index contributed by atoms with van der Waals surface area (Å²) in [5.41, 5.74) is 0.972. The Bertz CT molecular complexity index is 508. The Morgan fingerprint density at radius 3 is 2.62 bits per heavy atom. The molecule has 0 fully saturated rings. The van der Waals surface area contributed by atoms with Gasteiger partial charge in [0.05, 0.1) is 4.88 Å². The molecule has 0 radical (unpaired) electrons. The summed E-state index contributed by atoms with van der Waals surface area (Å²) in [7, 11) is 1.72. The molecule has 0 bridgehead atoms. The number of carbonyl (C=O) groups is 1. The molecule has 0 saturated carbocycles. The van der Waals surface area contributed by atoms with Gasteiger partial charge in [-0.1, -0.05) is 41.7 Å². The minimum atomic E-state index is -1.00. The lowest BCUT2D eigenvalue weighted by atomic mass is 10.1. The van der Waals surface area contributed by atoms with Crippen LogP contribution in [0.1, 0.15) is 10.5 Å². The van der Waals surface area contributed by atoms with Crippen LogP contribution < -0.4 is 5.32 Å². The standard InChI is InChI=1S/C11H10N2O2S/c1-12-11-13-8(10(14)15)9(16-11)7-5-3-2-4-6-7/h2-6H,1H3,(H,12,13)(H,14,15). The van der Waals surface area contributed by atoms with Crippen LogP contribution in [0.25, 0.3) is 10.4 Å². The molecule has 0 spiro atoms. The van der Waals surface area contributed by atoms with Crippen LogP contribution in [0.4, 0.5) is 5.13 Å². The van der Waals surface area contributed by atoms with Gasteiger partial charge in [-0.3, -0.25) is 0 Å². The zero-order valence-electron chi connectivity index (χ0n) is 8.60. The third-order valence-corrected chi connectivity index (χ3v) is 3.20. The van der Waals surface area contributed by atoms with Crippen molar-refractivity contribution in [3.05, 3.63) is 36.0 Å². The first-order valence-corrected chi connectivity index (χ1v) is 5.51. The van der Waals surface area contributed by atoms with Gasteiger partial charge in [0.15, 0.2) is 10.8 Å². The van der Waals surface area contributed by atoms with E-state index in [2.05, 4.69) is 10.3 Å². The molecular formula is C11H10N2O2S. The number of carboxylic acid groups (broad SMARTS) is 1. The average molecular weight is 234 g/mol. The van der Waals surface area contributed by atoms with Crippen LogP contribution in [0, 0.1) is 0 Å². The number of thiazole rings is 1. The van der Waals surface area contributed by atoms with Crippen molar-refractivity contribution in [2.75, 3.05) is 12.4 Å². The summed E-state index contributed by atoms with van der Waals surface area (Å²) in [5, 5.41) is 12.5. The molecule has 1 heterocycles. The normalized spacial score (nSPS) is 10.1. The lowest BCUT2D eigenvalue weighted by Gasteiger charge is -1.97. The van der Waals surface area contributed by atoms with E-state index in [4.69, 9.17) is 5.11 Å². The molecule has 0 saturated heterocycles. The molecule has 1 aromatic heterocycles. The molecule has 2 N–H and O–H groups in total. The zero-order valence-corrected chi connectivity index (χ0v) is 9.41. The van der Waals surface area contributed by atoms with E-state index in [1.54, 1.807) is 7.05 Å². The highest BCUT2D eigenvalue weighted by atomic mass is 32.1. The Balaban J connectivity index is 2.55. The third kappa shape index (κ3) is 1.90. The van der Waals surface area contributed by atoms with E-state index in [1.165, 1.54) is 11.3 Å². The summed E-state index contributed by atoms with van der Waals surface area (Å²) >= 11 is 1.34. The predicted molar refractivity (Wildman–Crippen MR) is 64.1 cm³/mol. The first-order valence-electron chi connectivity index (χ1n) is 4.69. The van der Waals surface area contributed by atoms with Crippen molar-refractivity contribution in [2.45, 2.75) is 0 Å². The number of hydrogen-bond donors (Lipinski definition) is 2. The molecule has 4 nitrogen and oxygen atoms in total. The number of anilines is 1. The van der Waals surface area contributed by atoms with Gasteiger partial charge in [-0.05, 0) is 5.56 Å². The number of carboxylic acids is 1. The minimum absolute atomic E-state index is 0.0977. The lowest BCUT2D eigenvalue weighted by molar-refractivity contribution is 0.0692. The van der Waals surface area contributed by atoms with Crippen LogP contribution in [0.3, 0.4) is 0 Å². The van der Waals surface area contributed by atoms with E-state index in [0.717, 1.165) is 5.56 Å². The van der Waals surface area contributed by atoms with Crippen LogP contribution in [-0.4, -0.2) is 23.1 Å². The second kappa shape index (κ2) is 4.32. The average Bonchev–Trinajstić information content (AvgIpc) is 2.74. The van der Waals surface area contributed by atoms with Crippen LogP contribution in [0.2, 0.25) is 0 Å². The highest BCUT2D eigenvalue weighted by Crippen LogP contribution is 2.32. The van der Waals surface area contributed by atoms with Crippen LogP contribution in [0.5, 0.6) is 0 Å². The van der Waals surface area contributed by atoms with Gasteiger partial charge in [0, 0.05) is 7.05 Å². The summed E-state index contributed by atoms with van der Waals surface area (Å²) in [6.45, 7) is 0. The van der Waals surface area contributed by atoms with Crippen molar-refractivity contribution >= 4 is 22.4 Å². The molecule has 16 heavy (non-hydrogen) atoms. The molecule has 1 aromatic carbocycles. The summed E-state index contributed by atoms with van der Waals surface area (Å²) in [4.78, 5) is 15.7. The Labute approximate surface area is 96.6 Å². The summed E-state index contributed by atoms with van der Waals surface area (Å²) < 4.78 is 0. The lowest BCUT2D eigenvalue weighted by Crippen LogP contribution is -1.99. The zero-order chi connectivity index (χ0) is 11.5. The van der Waals surface area contributed by atoms with E-state index in [-0.39, 0.29) is 5.69 Å². The Morgan fingerprint density at radius 2 is 2.06 bits per heavy atom. The third-order valence-electron chi connectivity index (χ3n) is 2.08. The van der Waals surface area contributed by atoms with Crippen molar-refractivity contribution < 1.29 is 9.90 Å². The Morgan fingerprint density at radius 1 is 1.38 bits per heavy atom. The fourth-order valence-electron chi connectivity index (χ4n) is 1.36. The highest BCUT2D eigenvalue weighted by molar-refractivity contribution is 7.19. The van der Waals surface area contributed by atoms with Crippen LogP contribution in [-0.2, 0) is 0 Å². The van der Waals surface area contributed by atoms with E-state index >= 15 is 0 Å². The first kappa shape index (κ1) is 10.6. The van der Waals surface area contributed by atoms with Crippen LogP contribution >= 0.6 is 11.3 Å². The maximum absolute atomic E-state index is 11.0. The maximum Gasteiger partial charge on any atom is 0.356 e. The fraction of sp³-hybridized carbons (Fsp3) is 0.0909. The molecule has 2 rings (SSSR count). The fourth-order valence-corrected chi connectivity index (χ4v) is 2.27. The highest BCUT2D eigenvalue weighted by Gasteiger charge is 2.17. The maximum atomic E-state index is 11.0. The molecule has 0 unspecified atom stereocenters. The first-order chi connectivity index (χ1) is 7.72. The molecule has 82 valence electrons. The van der Waals surface area contributed by atoms with Gasteiger partial charge >= 0.3 is 5.97 Å². The van der Waals surface area contributed by atoms with Crippen molar-refractivity contribution in [1.82, 2.24) is 4.98 Å². The van der Waals surface area contributed by atoms with Crippen molar-refractivity contribution in [1.29, 1.82) is 0 Å². The molecule has 2 aromatic rings. The SMILES string of the molecule is CNc1nc(C(=O)O)c(-c2ccccc2)s1. The Kier molecular flexibility index (Phi) is 2.87. The van der Waals surface area contributed by atoms with Crippen molar-refractivity contribution in [3.63, 3.8) is 0 Å². The minimum Gasteiger partial charge on any atom is -0.476 e. The number of rotatable bonds is 3. The van der Waals surface area contributed by atoms with Crippen LogP contribution in [0.15, 0.2) is 30.3 Å². The quantitative estimate of drug-likeness (QED) is 0.856. The molecule has 0 aliphatic rings. The van der Waals surface area contributed by atoms with Crippen molar-refractivity contribution in [3.8, 4) is 10.4 Å². The second-order valence-electron chi connectivity index (χ2n) is 3.12. The molecule has 0 atom stereocenters. The summed E-state index contributed by atoms with van der Waals surface area (Å²) in [6.07, 6.45) is 0. The van der Waals surface area contributed by atoms with Gasteiger partial charge in [-0.2, -0.15) is 0 Å². The van der Waals surface area contributed by atoms with E-state index in [0.29, 0.717) is 10.0 Å². The summed E-state index contributed by atoms with van der Waals surface area (Å²) in [5.74, 6) is -1.00. The van der Waals surface area contributed by atoms with Crippen molar-refractivity contribution in [2.24, 2.45) is 0 Å². The van der Waals surface area contributed by atoms with Gasteiger partial charge in [-0.15, -0.1) is 0 Å².